The van der Waals surface area contributed by atoms with Crippen LogP contribution in [0.5, 0.6) is 0 Å². The Morgan fingerprint density at radius 2 is 2.58 bits per heavy atom. The lowest BCUT2D eigenvalue weighted by molar-refractivity contribution is -0.116. The summed E-state index contributed by atoms with van der Waals surface area (Å²) in [5, 5.41) is 5.55. The third-order valence-electron chi connectivity index (χ3n) is 1.29. The van der Waals surface area contributed by atoms with Gasteiger partial charge in [0.2, 0.25) is 5.91 Å². The maximum Gasteiger partial charge on any atom is 0.226 e. The van der Waals surface area contributed by atoms with Crippen LogP contribution in [0.2, 0.25) is 0 Å². The van der Waals surface area contributed by atoms with Crippen LogP contribution in [0.1, 0.15) is 13.3 Å². The van der Waals surface area contributed by atoms with Crippen LogP contribution in [-0.2, 0) is 4.79 Å². The van der Waals surface area contributed by atoms with Crippen molar-refractivity contribution in [2.24, 2.45) is 5.73 Å². The first-order valence-corrected chi connectivity index (χ1v) is 4.65. The molecule has 0 aliphatic rings. The van der Waals surface area contributed by atoms with Crippen molar-refractivity contribution >= 4 is 22.2 Å². The van der Waals surface area contributed by atoms with Crippen molar-refractivity contribution in [1.82, 2.24) is 0 Å². The molecule has 4 heteroatoms. The van der Waals surface area contributed by atoms with Crippen molar-refractivity contribution in [3.8, 4) is 0 Å². The molecule has 66 valence electrons. The van der Waals surface area contributed by atoms with Gasteiger partial charge in [0.25, 0.3) is 0 Å². The van der Waals surface area contributed by atoms with E-state index in [1.165, 1.54) is 11.3 Å². The molecular formula is C8H12N2OS. The molecule has 0 aliphatic carbocycles. The van der Waals surface area contributed by atoms with Crippen LogP contribution in [0.3, 0.4) is 0 Å². The molecule has 1 atom stereocenters. The van der Waals surface area contributed by atoms with E-state index in [0.717, 1.165) is 5.00 Å². The summed E-state index contributed by atoms with van der Waals surface area (Å²) in [6, 6.07) is 3.68. The number of thiophene rings is 1. The van der Waals surface area contributed by atoms with E-state index in [0.29, 0.717) is 6.42 Å². The summed E-state index contributed by atoms with van der Waals surface area (Å²) in [6.07, 6.45) is 0.373. The van der Waals surface area contributed by atoms with Crippen LogP contribution in [0, 0.1) is 0 Å². The molecule has 1 aromatic heterocycles. The molecule has 0 fully saturated rings. The quantitative estimate of drug-likeness (QED) is 0.746. The molecule has 0 saturated carbocycles. The van der Waals surface area contributed by atoms with Crippen LogP contribution in [-0.4, -0.2) is 11.9 Å². The largest absolute Gasteiger partial charge is 0.327 e. The molecule has 1 unspecified atom stereocenters. The number of nitrogens with one attached hydrogen (secondary N) is 1. The number of carbonyl (C=O) groups is 1. The molecule has 3 nitrogen and oxygen atoms in total. The number of anilines is 1. The number of nitrogens with two attached hydrogens (primary N) is 1. The maximum atomic E-state index is 11.1. The smallest absolute Gasteiger partial charge is 0.226 e. The second-order valence-corrected chi connectivity index (χ2v) is 3.65. The third kappa shape index (κ3) is 3.02. The minimum atomic E-state index is -0.0787. The number of rotatable bonds is 3. The van der Waals surface area contributed by atoms with Crippen LogP contribution < -0.4 is 11.1 Å². The van der Waals surface area contributed by atoms with Gasteiger partial charge < -0.3 is 11.1 Å². The molecule has 0 saturated heterocycles. The Balaban J connectivity index is 2.37. The van der Waals surface area contributed by atoms with Crippen molar-refractivity contribution in [3.63, 3.8) is 0 Å². The van der Waals surface area contributed by atoms with E-state index in [2.05, 4.69) is 5.32 Å². The standard InChI is InChI=1S/C8H12N2OS/c1-6(9)5-7(11)10-8-3-2-4-12-8/h2-4,6H,5,9H2,1H3,(H,10,11). The van der Waals surface area contributed by atoms with Gasteiger partial charge in [-0.05, 0) is 24.4 Å². The van der Waals surface area contributed by atoms with Gasteiger partial charge in [-0.2, -0.15) is 0 Å². The maximum absolute atomic E-state index is 11.1. The summed E-state index contributed by atoms with van der Waals surface area (Å²) in [5.74, 6) is -0.0209. The molecule has 0 aliphatic heterocycles. The van der Waals surface area contributed by atoms with Gasteiger partial charge in [0.1, 0.15) is 0 Å². The average Bonchev–Trinajstić information content (AvgIpc) is 2.37. The van der Waals surface area contributed by atoms with Gasteiger partial charge in [-0.3, -0.25) is 4.79 Å². The molecule has 0 spiro atoms. The average molecular weight is 184 g/mol. The Hall–Kier alpha value is -0.870. The molecule has 0 radical (unpaired) electrons. The number of hydrogen-bond donors (Lipinski definition) is 2. The van der Waals surface area contributed by atoms with Gasteiger partial charge in [0.05, 0.1) is 5.00 Å². The molecule has 12 heavy (non-hydrogen) atoms. The van der Waals surface area contributed by atoms with Crippen LogP contribution >= 0.6 is 11.3 Å². The normalized spacial score (nSPS) is 12.5. The SMILES string of the molecule is CC(N)CC(=O)Nc1cccs1. The second-order valence-electron chi connectivity index (χ2n) is 2.71. The van der Waals surface area contributed by atoms with Gasteiger partial charge in [-0.1, -0.05) is 0 Å². The van der Waals surface area contributed by atoms with Crippen molar-refractivity contribution < 1.29 is 4.79 Å². The summed E-state index contributed by atoms with van der Waals surface area (Å²) in [6.45, 7) is 1.81. The minimum absolute atomic E-state index is 0.0209. The Morgan fingerprint density at radius 3 is 3.08 bits per heavy atom. The molecular weight excluding hydrogens is 172 g/mol. The minimum Gasteiger partial charge on any atom is -0.327 e. The number of carbonyl (C=O) groups excluding carboxylic acids is 1. The lowest BCUT2D eigenvalue weighted by atomic mass is 10.2. The number of amides is 1. The highest BCUT2D eigenvalue weighted by Gasteiger charge is 2.04. The summed E-state index contributed by atoms with van der Waals surface area (Å²) in [4.78, 5) is 11.1. The Kier molecular flexibility index (Phi) is 3.25. The van der Waals surface area contributed by atoms with Gasteiger partial charge in [0, 0.05) is 12.5 Å². The molecule has 3 N–H and O–H groups in total. The molecule has 1 aromatic rings. The lowest BCUT2D eigenvalue weighted by Crippen LogP contribution is -2.23. The summed E-state index contributed by atoms with van der Waals surface area (Å²) in [5.41, 5.74) is 5.46. The van der Waals surface area contributed by atoms with Gasteiger partial charge >= 0.3 is 0 Å². The highest BCUT2D eigenvalue weighted by atomic mass is 32.1. The van der Waals surface area contributed by atoms with Crippen molar-refractivity contribution in [2.75, 3.05) is 5.32 Å². The van der Waals surface area contributed by atoms with Crippen molar-refractivity contribution in [3.05, 3.63) is 17.5 Å². The van der Waals surface area contributed by atoms with E-state index < -0.39 is 0 Å². The zero-order valence-corrected chi connectivity index (χ0v) is 7.73. The predicted molar refractivity (Wildman–Crippen MR) is 51.2 cm³/mol. The van der Waals surface area contributed by atoms with Gasteiger partial charge in [-0.15, -0.1) is 11.3 Å². The highest BCUT2D eigenvalue weighted by Crippen LogP contribution is 2.14. The fourth-order valence-corrected chi connectivity index (χ4v) is 1.46. The highest BCUT2D eigenvalue weighted by molar-refractivity contribution is 7.14. The topological polar surface area (TPSA) is 55.1 Å². The first-order valence-electron chi connectivity index (χ1n) is 3.77. The third-order valence-corrected chi connectivity index (χ3v) is 2.08. The summed E-state index contributed by atoms with van der Waals surface area (Å²) < 4.78 is 0. The Bertz CT molecular complexity index is 244. The van der Waals surface area contributed by atoms with Crippen molar-refractivity contribution in [2.45, 2.75) is 19.4 Å². The van der Waals surface area contributed by atoms with Crippen LogP contribution in [0.4, 0.5) is 5.00 Å². The second kappa shape index (κ2) is 4.23. The lowest BCUT2D eigenvalue weighted by Gasteiger charge is -2.04. The Morgan fingerprint density at radius 1 is 1.83 bits per heavy atom. The van der Waals surface area contributed by atoms with E-state index in [4.69, 9.17) is 5.73 Å². The van der Waals surface area contributed by atoms with E-state index in [-0.39, 0.29) is 11.9 Å². The van der Waals surface area contributed by atoms with E-state index >= 15 is 0 Å². The summed E-state index contributed by atoms with van der Waals surface area (Å²) >= 11 is 1.51. The van der Waals surface area contributed by atoms with Gasteiger partial charge in [0.15, 0.2) is 0 Å². The fraction of sp³-hybridized carbons (Fsp3) is 0.375. The molecule has 1 heterocycles. The van der Waals surface area contributed by atoms with E-state index in [1.807, 2.05) is 24.4 Å². The predicted octanol–water partition coefficient (Wildman–Crippen LogP) is 1.42. The molecule has 1 rings (SSSR count). The van der Waals surface area contributed by atoms with Crippen molar-refractivity contribution in [1.29, 1.82) is 0 Å². The summed E-state index contributed by atoms with van der Waals surface area (Å²) in [7, 11) is 0. The monoisotopic (exact) mass is 184 g/mol. The molecule has 0 bridgehead atoms. The first-order chi connectivity index (χ1) is 5.68. The zero-order chi connectivity index (χ0) is 8.97. The van der Waals surface area contributed by atoms with Crippen LogP contribution in [0.15, 0.2) is 17.5 Å². The van der Waals surface area contributed by atoms with Crippen LogP contribution in [0.25, 0.3) is 0 Å². The number of hydrogen-bond acceptors (Lipinski definition) is 3. The zero-order valence-electron chi connectivity index (χ0n) is 6.91. The first kappa shape index (κ1) is 9.22. The van der Waals surface area contributed by atoms with E-state index in [1.54, 1.807) is 0 Å². The fourth-order valence-electron chi connectivity index (χ4n) is 0.831. The molecule has 0 aromatic carbocycles. The Labute approximate surface area is 75.6 Å². The molecule has 1 amide bonds. The van der Waals surface area contributed by atoms with Gasteiger partial charge in [-0.25, -0.2) is 0 Å². The van der Waals surface area contributed by atoms with E-state index in [9.17, 15) is 4.79 Å².